The highest BCUT2D eigenvalue weighted by atomic mass is 19.4. The molecule has 1 aliphatic heterocycles. The molecule has 0 spiro atoms. The van der Waals surface area contributed by atoms with E-state index in [1.807, 2.05) is 0 Å². The molecule has 0 aromatic carbocycles. The van der Waals surface area contributed by atoms with Crippen molar-refractivity contribution in [3.8, 4) is 6.07 Å². The van der Waals surface area contributed by atoms with Crippen molar-refractivity contribution in [3.63, 3.8) is 0 Å². The SMILES string of the molecule is N#CCC1(n2cc(C(N)=O)c(NC(=O)[C@H]3CC3C3CC3)n2)CCN(CC(F)(F)F)CC1. The lowest BCUT2D eigenvalue weighted by molar-refractivity contribution is -0.150. The first-order valence-corrected chi connectivity index (χ1v) is 10.5. The van der Waals surface area contributed by atoms with Gasteiger partial charge in [-0.05, 0) is 43.9 Å². The zero-order chi connectivity index (χ0) is 22.4. The van der Waals surface area contributed by atoms with E-state index in [1.54, 1.807) is 0 Å². The van der Waals surface area contributed by atoms with Crippen LogP contribution in [0.5, 0.6) is 0 Å². The number of nitrogens with zero attached hydrogens (tertiary/aromatic N) is 4. The van der Waals surface area contributed by atoms with Gasteiger partial charge in [0.25, 0.3) is 5.91 Å². The number of rotatable bonds is 7. The minimum absolute atomic E-state index is 0.0203. The van der Waals surface area contributed by atoms with Crippen LogP contribution in [0.2, 0.25) is 0 Å². The van der Waals surface area contributed by atoms with Crippen LogP contribution >= 0.6 is 0 Å². The molecule has 1 aromatic heterocycles. The van der Waals surface area contributed by atoms with E-state index in [2.05, 4.69) is 16.5 Å². The lowest BCUT2D eigenvalue weighted by Gasteiger charge is -2.40. The third-order valence-electron chi connectivity index (χ3n) is 6.71. The first-order chi connectivity index (χ1) is 14.6. The first-order valence-electron chi connectivity index (χ1n) is 10.5. The van der Waals surface area contributed by atoms with Gasteiger partial charge in [0.05, 0.1) is 24.6 Å². The Labute approximate surface area is 177 Å². The fourth-order valence-corrected chi connectivity index (χ4v) is 4.68. The number of nitrogens with one attached hydrogen (secondary N) is 1. The molecule has 1 saturated heterocycles. The van der Waals surface area contributed by atoms with Crippen LogP contribution in [0, 0.1) is 29.1 Å². The Morgan fingerprint density at radius 2 is 2.00 bits per heavy atom. The third kappa shape index (κ3) is 4.69. The predicted molar refractivity (Wildman–Crippen MR) is 104 cm³/mol. The molecule has 0 bridgehead atoms. The van der Waals surface area contributed by atoms with Crippen LogP contribution in [0.4, 0.5) is 19.0 Å². The quantitative estimate of drug-likeness (QED) is 0.677. The molecule has 3 N–H and O–H groups in total. The summed E-state index contributed by atoms with van der Waals surface area (Å²) in [5.74, 6) is 0.00873. The van der Waals surface area contributed by atoms with E-state index in [1.165, 1.54) is 15.8 Å². The lowest BCUT2D eigenvalue weighted by atomic mass is 9.85. The van der Waals surface area contributed by atoms with Gasteiger partial charge in [-0.15, -0.1) is 0 Å². The molecule has 168 valence electrons. The van der Waals surface area contributed by atoms with Crippen molar-refractivity contribution < 1.29 is 22.8 Å². The van der Waals surface area contributed by atoms with Crippen LogP contribution in [0.1, 0.15) is 48.9 Å². The number of carbonyl (C=O) groups excluding carboxylic acids is 2. The highest BCUT2D eigenvalue weighted by molar-refractivity contribution is 6.02. The maximum Gasteiger partial charge on any atom is 0.401 e. The Bertz CT molecular complexity index is 909. The summed E-state index contributed by atoms with van der Waals surface area (Å²) in [5, 5.41) is 16.4. The molecule has 2 amide bonds. The Morgan fingerprint density at radius 1 is 1.32 bits per heavy atom. The first kappa shape index (κ1) is 21.6. The number of amides is 2. The molecule has 11 heteroatoms. The number of alkyl halides is 3. The van der Waals surface area contributed by atoms with Crippen LogP contribution in [0.3, 0.4) is 0 Å². The van der Waals surface area contributed by atoms with E-state index in [4.69, 9.17) is 5.73 Å². The number of likely N-dealkylation sites (tertiary alicyclic amines) is 1. The minimum Gasteiger partial charge on any atom is -0.365 e. The summed E-state index contributed by atoms with van der Waals surface area (Å²) in [6, 6.07) is 2.09. The van der Waals surface area contributed by atoms with Crippen LogP contribution in [-0.2, 0) is 10.3 Å². The number of hydrogen-bond acceptors (Lipinski definition) is 5. The van der Waals surface area contributed by atoms with Gasteiger partial charge in [-0.2, -0.15) is 23.5 Å². The number of nitrogens with two attached hydrogens (primary N) is 1. The van der Waals surface area contributed by atoms with Crippen molar-refractivity contribution in [1.29, 1.82) is 5.26 Å². The summed E-state index contributed by atoms with van der Waals surface area (Å²) in [6.07, 6.45) is 0.781. The van der Waals surface area contributed by atoms with E-state index < -0.39 is 24.2 Å². The van der Waals surface area contributed by atoms with Gasteiger partial charge in [0.2, 0.25) is 5.91 Å². The average Bonchev–Trinajstić information content (AvgIpc) is 3.58. The molecule has 4 rings (SSSR count). The largest absolute Gasteiger partial charge is 0.401 e. The van der Waals surface area contributed by atoms with Gasteiger partial charge in [0.15, 0.2) is 5.82 Å². The van der Waals surface area contributed by atoms with Gasteiger partial charge in [-0.3, -0.25) is 19.2 Å². The molecule has 2 saturated carbocycles. The van der Waals surface area contributed by atoms with Crippen molar-refractivity contribution in [2.24, 2.45) is 23.5 Å². The molecule has 2 aliphatic carbocycles. The minimum atomic E-state index is -4.29. The van der Waals surface area contributed by atoms with Crippen molar-refractivity contribution in [2.75, 3.05) is 25.0 Å². The van der Waals surface area contributed by atoms with E-state index >= 15 is 0 Å². The van der Waals surface area contributed by atoms with Crippen molar-refractivity contribution >= 4 is 17.6 Å². The molecular weight excluding hydrogens is 413 g/mol. The number of hydrogen-bond donors (Lipinski definition) is 2. The maximum absolute atomic E-state index is 12.7. The van der Waals surface area contributed by atoms with Crippen molar-refractivity contribution in [2.45, 2.75) is 50.2 Å². The third-order valence-corrected chi connectivity index (χ3v) is 6.71. The summed E-state index contributed by atoms with van der Waals surface area (Å²) < 4.78 is 39.6. The van der Waals surface area contributed by atoms with Crippen LogP contribution < -0.4 is 11.1 Å². The fourth-order valence-electron chi connectivity index (χ4n) is 4.68. The van der Waals surface area contributed by atoms with Gasteiger partial charge < -0.3 is 11.1 Å². The molecule has 2 atom stereocenters. The zero-order valence-electron chi connectivity index (χ0n) is 17.0. The Morgan fingerprint density at radius 3 is 2.55 bits per heavy atom. The number of primary amides is 1. The van der Waals surface area contributed by atoms with Gasteiger partial charge in [0.1, 0.15) is 5.56 Å². The summed E-state index contributed by atoms with van der Waals surface area (Å²) >= 11 is 0. The summed E-state index contributed by atoms with van der Waals surface area (Å²) in [4.78, 5) is 25.8. The molecular formula is C20H25F3N6O2. The van der Waals surface area contributed by atoms with E-state index in [-0.39, 0.29) is 55.6 Å². The van der Waals surface area contributed by atoms with E-state index in [9.17, 15) is 28.0 Å². The van der Waals surface area contributed by atoms with E-state index in [0.29, 0.717) is 11.8 Å². The Hall–Kier alpha value is -2.61. The lowest BCUT2D eigenvalue weighted by Crippen LogP contribution is -2.48. The molecule has 1 aromatic rings. The summed E-state index contributed by atoms with van der Waals surface area (Å²) in [7, 11) is 0. The average molecular weight is 438 g/mol. The summed E-state index contributed by atoms with van der Waals surface area (Å²) in [5.41, 5.74) is 4.65. The molecule has 2 heterocycles. The highest BCUT2D eigenvalue weighted by Crippen LogP contribution is 2.54. The fraction of sp³-hybridized carbons (Fsp3) is 0.700. The maximum atomic E-state index is 12.7. The number of carbonyl (C=O) groups is 2. The Kier molecular flexibility index (Phi) is 5.45. The normalized spacial score (nSPS) is 25.6. The molecule has 3 fully saturated rings. The number of halogens is 3. The van der Waals surface area contributed by atoms with Gasteiger partial charge >= 0.3 is 6.18 Å². The second-order valence-electron chi connectivity index (χ2n) is 8.98. The molecule has 1 unspecified atom stereocenters. The molecule has 8 nitrogen and oxygen atoms in total. The Balaban J connectivity index is 1.51. The van der Waals surface area contributed by atoms with Gasteiger partial charge in [-0.25, -0.2) is 0 Å². The van der Waals surface area contributed by atoms with Crippen LogP contribution in [0.25, 0.3) is 0 Å². The van der Waals surface area contributed by atoms with Gasteiger partial charge in [0, 0.05) is 25.2 Å². The van der Waals surface area contributed by atoms with Crippen LogP contribution in [-0.4, -0.2) is 52.3 Å². The summed E-state index contributed by atoms with van der Waals surface area (Å²) in [6.45, 7) is -0.730. The molecule has 3 aliphatic rings. The number of aromatic nitrogens is 2. The van der Waals surface area contributed by atoms with Crippen molar-refractivity contribution in [3.05, 3.63) is 11.8 Å². The number of nitriles is 1. The number of anilines is 1. The van der Waals surface area contributed by atoms with E-state index in [0.717, 1.165) is 19.3 Å². The molecule has 31 heavy (non-hydrogen) atoms. The van der Waals surface area contributed by atoms with Gasteiger partial charge in [-0.1, -0.05) is 0 Å². The second-order valence-corrected chi connectivity index (χ2v) is 8.98. The highest BCUT2D eigenvalue weighted by Gasteiger charge is 2.51. The topological polar surface area (TPSA) is 117 Å². The second kappa shape index (κ2) is 7.82. The smallest absolute Gasteiger partial charge is 0.365 e. The van der Waals surface area contributed by atoms with Crippen LogP contribution in [0.15, 0.2) is 6.20 Å². The predicted octanol–water partition coefficient (Wildman–Crippen LogP) is 2.23. The monoisotopic (exact) mass is 438 g/mol. The molecule has 0 radical (unpaired) electrons. The van der Waals surface area contributed by atoms with Crippen molar-refractivity contribution in [1.82, 2.24) is 14.7 Å². The number of piperidine rings is 1. The standard InChI is InChI=1S/C20H25F3N6O2/c21-20(22,23)11-28-7-4-19(3-6-24,5-8-28)29-10-15(16(25)30)17(27-29)26-18(31)14-9-13(14)12-1-2-12/h10,12-14H,1-5,7-9,11H2,(H2,25,30)(H,26,27,31)/t13?,14-/m0/s1. The zero-order valence-corrected chi connectivity index (χ0v) is 17.0.